The van der Waals surface area contributed by atoms with Gasteiger partial charge in [-0.05, 0) is 68.3 Å². The first-order valence-electron chi connectivity index (χ1n) is 10.1. The molecule has 0 aliphatic heterocycles. The Morgan fingerprint density at radius 2 is 1.89 bits per heavy atom. The third-order valence-electron chi connectivity index (χ3n) is 5.87. The van der Waals surface area contributed by atoms with Crippen molar-refractivity contribution in [2.45, 2.75) is 92.5 Å². The van der Waals surface area contributed by atoms with E-state index in [1.54, 1.807) is 6.08 Å². The van der Waals surface area contributed by atoms with Gasteiger partial charge < -0.3 is 9.16 Å². The molecule has 0 unspecified atom stereocenters. The van der Waals surface area contributed by atoms with E-state index in [0.717, 1.165) is 18.4 Å². The number of esters is 1. The van der Waals surface area contributed by atoms with Crippen LogP contribution in [0.5, 0.6) is 0 Å². The number of allylic oxidation sites excluding steroid dienone is 4. The zero-order valence-electron chi connectivity index (χ0n) is 19.2. The molecular formula is C23H40O3Si. The van der Waals surface area contributed by atoms with Gasteiger partial charge in [-0.3, -0.25) is 0 Å². The summed E-state index contributed by atoms with van der Waals surface area (Å²) in [4.78, 5) is 11.6. The van der Waals surface area contributed by atoms with Crippen LogP contribution < -0.4 is 0 Å². The topological polar surface area (TPSA) is 35.5 Å². The molecule has 4 heteroatoms. The van der Waals surface area contributed by atoms with E-state index in [4.69, 9.17) is 9.16 Å². The summed E-state index contributed by atoms with van der Waals surface area (Å²) in [5.41, 5.74) is 3.70. The Balaban J connectivity index is 2.98. The summed E-state index contributed by atoms with van der Waals surface area (Å²) in [5, 5.41) is 0.226. The summed E-state index contributed by atoms with van der Waals surface area (Å²) < 4.78 is 11.7. The lowest BCUT2D eigenvalue weighted by Crippen LogP contribution is -2.46. The molecule has 27 heavy (non-hydrogen) atoms. The molecule has 0 saturated carbocycles. The maximum atomic E-state index is 11.6. The van der Waals surface area contributed by atoms with Gasteiger partial charge in [0.05, 0.1) is 6.61 Å². The Morgan fingerprint density at radius 3 is 2.37 bits per heavy atom. The summed E-state index contributed by atoms with van der Waals surface area (Å²) in [6.45, 7) is 22.5. The van der Waals surface area contributed by atoms with Crippen LogP contribution in [0.15, 0.2) is 34.9 Å². The second kappa shape index (κ2) is 8.91. The lowest BCUT2D eigenvalue weighted by molar-refractivity contribution is -0.137. The third kappa shape index (κ3) is 6.76. The lowest BCUT2D eigenvalue weighted by Gasteiger charge is -2.44. The highest BCUT2D eigenvalue weighted by molar-refractivity contribution is 6.74. The number of carbonyl (C=O) groups excluding carboxylic acids is 1. The van der Waals surface area contributed by atoms with Crippen molar-refractivity contribution in [2.75, 3.05) is 6.61 Å². The Labute approximate surface area is 168 Å². The molecule has 154 valence electrons. The van der Waals surface area contributed by atoms with Crippen molar-refractivity contribution >= 4 is 14.3 Å². The number of rotatable bonds is 6. The number of hydrogen-bond donors (Lipinski definition) is 0. The Hall–Kier alpha value is -1.13. The van der Waals surface area contributed by atoms with Crippen LogP contribution in [0.3, 0.4) is 0 Å². The van der Waals surface area contributed by atoms with Crippen molar-refractivity contribution in [3.8, 4) is 0 Å². The smallest absolute Gasteiger partial charge is 0.330 e. The molecule has 0 aromatic rings. The van der Waals surface area contributed by atoms with Gasteiger partial charge in [0.15, 0.2) is 8.32 Å². The van der Waals surface area contributed by atoms with Crippen LogP contribution in [0.25, 0.3) is 0 Å². The van der Waals surface area contributed by atoms with Crippen LogP contribution in [-0.4, -0.2) is 27.0 Å². The molecule has 0 radical (unpaired) electrons. The van der Waals surface area contributed by atoms with Gasteiger partial charge in [-0.15, -0.1) is 0 Å². The van der Waals surface area contributed by atoms with Crippen molar-refractivity contribution in [1.82, 2.24) is 0 Å². The Kier molecular flexibility index (Phi) is 7.89. The second-order valence-corrected chi connectivity index (χ2v) is 14.7. The average molecular weight is 393 g/mol. The van der Waals surface area contributed by atoms with Crippen LogP contribution in [0.4, 0.5) is 0 Å². The molecule has 0 heterocycles. The van der Waals surface area contributed by atoms with E-state index < -0.39 is 8.32 Å². The van der Waals surface area contributed by atoms with Gasteiger partial charge in [-0.1, -0.05) is 52.3 Å². The van der Waals surface area contributed by atoms with Gasteiger partial charge in [0, 0.05) is 12.2 Å². The van der Waals surface area contributed by atoms with Gasteiger partial charge in [-0.2, -0.15) is 0 Å². The highest BCUT2D eigenvalue weighted by Gasteiger charge is 2.42. The first-order valence-corrected chi connectivity index (χ1v) is 13.0. The van der Waals surface area contributed by atoms with Crippen molar-refractivity contribution in [1.29, 1.82) is 0 Å². The molecule has 1 aliphatic carbocycles. The largest absolute Gasteiger partial charge is 0.463 e. The predicted octanol–water partition coefficient (Wildman–Crippen LogP) is 6.58. The molecule has 0 fully saturated rings. The van der Waals surface area contributed by atoms with Crippen molar-refractivity contribution in [3.63, 3.8) is 0 Å². The van der Waals surface area contributed by atoms with Gasteiger partial charge in [0.25, 0.3) is 0 Å². The summed E-state index contributed by atoms with van der Waals surface area (Å²) in [5.74, 6) is -0.281. The predicted molar refractivity (Wildman–Crippen MR) is 117 cm³/mol. The van der Waals surface area contributed by atoms with Crippen LogP contribution in [-0.2, 0) is 14.0 Å². The zero-order valence-corrected chi connectivity index (χ0v) is 20.2. The standard InChI is InChI=1S/C23H40O3Si/c1-11-25-21(24)14-17(2)12-13-20-18(3)15-19(16-23(20,7)8)26-27(9,10)22(4,5)6/h12-14,19H,11,15-16H2,1-10H3/b13-12+,17-14+/t19-/m1/s1. The van der Waals surface area contributed by atoms with Gasteiger partial charge in [0.1, 0.15) is 0 Å². The molecule has 0 bridgehead atoms. The van der Waals surface area contributed by atoms with E-state index in [1.165, 1.54) is 11.1 Å². The molecule has 0 N–H and O–H groups in total. The van der Waals surface area contributed by atoms with Crippen molar-refractivity contribution < 1.29 is 14.0 Å². The van der Waals surface area contributed by atoms with Crippen molar-refractivity contribution in [2.24, 2.45) is 5.41 Å². The SMILES string of the molecule is CCOC(=O)/C=C(C)/C=C/C1=C(C)C[C@@H](O[Si](C)(C)C(C)(C)C)CC1(C)C. The Morgan fingerprint density at radius 1 is 1.30 bits per heavy atom. The van der Waals surface area contributed by atoms with Crippen LogP contribution in [0, 0.1) is 5.41 Å². The van der Waals surface area contributed by atoms with Crippen LogP contribution in [0.2, 0.25) is 18.1 Å². The molecule has 3 nitrogen and oxygen atoms in total. The van der Waals surface area contributed by atoms with Gasteiger partial charge in [-0.25, -0.2) is 4.79 Å². The summed E-state index contributed by atoms with van der Waals surface area (Å²) in [6, 6.07) is 0. The molecule has 1 aliphatic rings. The van der Waals surface area contributed by atoms with E-state index in [2.05, 4.69) is 60.7 Å². The minimum absolute atomic E-state index is 0.0517. The van der Waals surface area contributed by atoms with E-state index in [0.29, 0.717) is 6.61 Å². The first kappa shape index (κ1) is 23.9. The van der Waals surface area contributed by atoms with Gasteiger partial charge >= 0.3 is 5.97 Å². The number of carbonyl (C=O) groups is 1. The van der Waals surface area contributed by atoms with E-state index in [9.17, 15) is 4.79 Å². The second-order valence-electron chi connectivity index (χ2n) is 9.96. The quantitative estimate of drug-likeness (QED) is 0.222. The van der Waals surface area contributed by atoms with Crippen LogP contribution >= 0.6 is 0 Å². The molecule has 0 saturated heterocycles. The summed E-state index contributed by atoms with van der Waals surface area (Å²) in [6.07, 6.45) is 8.03. The minimum atomic E-state index is -1.77. The van der Waals surface area contributed by atoms with Crippen LogP contribution in [0.1, 0.15) is 68.2 Å². The highest BCUT2D eigenvalue weighted by atomic mass is 28.4. The van der Waals surface area contributed by atoms with E-state index in [-0.39, 0.29) is 22.5 Å². The highest BCUT2D eigenvalue weighted by Crippen LogP contribution is 2.45. The molecule has 0 spiro atoms. The lowest BCUT2D eigenvalue weighted by atomic mass is 9.71. The van der Waals surface area contributed by atoms with Crippen molar-refractivity contribution in [3.05, 3.63) is 34.9 Å². The monoisotopic (exact) mass is 392 g/mol. The normalized spacial score (nSPS) is 21.7. The molecule has 0 aromatic carbocycles. The fourth-order valence-electron chi connectivity index (χ4n) is 3.46. The molecule has 0 aromatic heterocycles. The summed E-state index contributed by atoms with van der Waals surface area (Å²) in [7, 11) is -1.77. The molecule has 1 atom stereocenters. The molecular weight excluding hydrogens is 352 g/mol. The zero-order chi connectivity index (χ0) is 21.0. The molecule has 1 rings (SSSR count). The van der Waals surface area contributed by atoms with Gasteiger partial charge in [0.2, 0.25) is 0 Å². The average Bonchev–Trinajstić information content (AvgIpc) is 2.43. The van der Waals surface area contributed by atoms with E-state index in [1.807, 2.05) is 19.9 Å². The number of ether oxygens (including phenoxy) is 1. The first-order chi connectivity index (χ1) is 12.2. The number of hydrogen-bond acceptors (Lipinski definition) is 3. The Bertz CT molecular complexity index is 630. The summed E-state index contributed by atoms with van der Waals surface area (Å²) >= 11 is 0. The molecule has 0 amide bonds. The maximum Gasteiger partial charge on any atom is 0.330 e. The fourth-order valence-corrected chi connectivity index (χ4v) is 4.81. The van der Waals surface area contributed by atoms with E-state index >= 15 is 0 Å². The fraction of sp³-hybridized carbons (Fsp3) is 0.696. The minimum Gasteiger partial charge on any atom is -0.463 e. The maximum absolute atomic E-state index is 11.6. The third-order valence-corrected chi connectivity index (χ3v) is 10.4.